The molecule has 6 nitrogen and oxygen atoms in total. The second-order valence-electron chi connectivity index (χ2n) is 8.54. The maximum atomic E-state index is 11.9. The monoisotopic (exact) mass is 417 g/mol. The van der Waals surface area contributed by atoms with Crippen molar-refractivity contribution in [2.75, 3.05) is 12.9 Å². The smallest absolute Gasteiger partial charge is 0.209 e. The van der Waals surface area contributed by atoms with E-state index < -0.39 is 10.0 Å². The molecule has 2 heterocycles. The lowest BCUT2D eigenvalue weighted by atomic mass is 9.83. The number of aryl methyl sites for hydroxylation is 2. The van der Waals surface area contributed by atoms with Crippen molar-refractivity contribution in [2.45, 2.75) is 69.6 Å². The molecule has 0 bridgehead atoms. The van der Waals surface area contributed by atoms with Crippen LogP contribution in [0, 0.1) is 6.92 Å². The van der Waals surface area contributed by atoms with Gasteiger partial charge in [-0.05, 0) is 63.0 Å². The zero-order chi connectivity index (χ0) is 20.4. The number of hydrogen-bond donors (Lipinski definition) is 1. The van der Waals surface area contributed by atoms with E-state index in [-0.39, 0.29) is 18.2 Å². The minimum atomic E-state index is -3.28. The normalized spacial score (nSPS) is 27.5. The van der Waals surface area contributed by atoms with Gasteiger partial charge in [0.05, 0.1) is 30.7 Å². The molecular weight excluding hydrogens is 386 g/mol. The van der Waals surface area contributed by atoms with E-state index >= 15 is 0 Å². The topological polar surface area (TPSA) is 73.2 Å². The van der Waals surface area contributed by atoms with Crippen LogP contribution in [0.2, 0.25) is 0 Å². The number of sulfonamides is 1. The van der Waals surface area contributed by atoms with Gasteiger partial charge in [-0.3, -0.25) is 4.68 Å². The van der Waals surface area contributed by atoms with Gasteiger partial charge in [0.1, 0.15) is 0 Å². The third-order valence-electron chi connectivity index (χ3n) is 6.24. The molecule has 2 unspecified atom stereocenters. The molecule has 158 valence electrons. The van der Waals surface area contributed by atoms with Crippen LogP contribution < -0.4 is 4.72 Å². The van der Waals surface area contributed by atoms with Crippen molar-refractivity contribution in [3.05, 3.63) is 53.3 Å². The lowest BCUT2D eigenvalue weighted by Gasteiger charge is -2.35. The summed E-state index contributed by atoms with van der Waals surface area (Å²) in [6.07, 6.45) is 7.41. The lowest BCUT2D eigenvalue weighted by molar-refractivity contribution is -0.00333. The highest BCUT2D eigenvalue weighted by molar-refractivity contribution is 7.88. The number of aromatic nitrogens is 2. The summed E-state index contributed by atoms with van der Waals surface area (Å²) in [6, 6.07) is 12.5. The number of benzene rings is 1. The Kier molecular flexibility index (Phi) is 6.08. The quantitative estimate of drug-likeness (QED) is 0.782. The molecule has 1 N–H and O–H groups in total. The van der Waals surface area contributed by atoms with Crippen molar-refractivity contribution in [1.82, 2.24) is 14.5 Å². The van der Waals surface area contributed by atoms with Crippen LogP contribution in [0.25, 0.3) is 0 Å². The van der Waals surface area contributed by atoms with E-state index in [0.717, 1.165) is 49.9 Å². The summed E-state index contributed by atoms with van der Waals surface area (Å²) in [5.74, 6) is 0.616. The number of hydrogen-bond acceptors (Lipinski definition) is 4. The zero-order valence-corrected chi connectivity index (χ0v) is 18.1. The molecule has 1 aromatic heterocycles. The molecule has 7 heteroatoms. The Labute approximate surface area is 173 Å². The first kappa shape index (κ1) is 20.6. The SMILES string of the molecule is Cc1cc2n(n1)C(CO[C@H]1CC[C@@H](c3ccccc3)CC1)C(NS(C)(=O)=O)CC2. The molecule has 1 aromatic carbocycles. The average Bonchev–Trinajstić information content (AvgIpc) is 3.07. The molecule has 29 heavy (non-hydrogen) atoms. The first-order chi connectivity index (χ1) is 13.9. The van der Waals surface area contributed by atoms with Crippen LogP contribution in [-0.4, -0.2) is 43.2 Å². The summed E-state index contributed by atoms with van der Waals surface area (Å²) >= 11 is 0. The Morgan fingerprint density at radius 3 is 2.55 bits per heavy atom. The summed E-state index contributed by atoms with van der Waals surface area (Å²) in [5, 5.41) is 4.63. The fourth-order valence-corrected chi connectivity index (χ4v) is 5.66. The summed E-state index contributed by atoms with van der Waals surface area (Å²) in [6.45, 7) is 2.47. The number of nitrogens with zero attached hydrogens (tertiary/aromatic N) is 2. The largest absolute Gasteiger partial charge is 0.376 e. The molecule has 1 saturated carbocycles. The zero-order valence-electron chi connectivity index (χ0n) is 17.3. The molecule has 2 atom stereocenters. The van der Waals surface area contributed by atoms with Crippen molar-refractivity contribution < 1.29 is 13.2 Å². The standard InChI is InChI=1S/C22H31N3O3S/c1-16-14-19-10-13-21(24-29(2,26)27)22(25(19)23-16)15-28-20-11-8-18(9-12-20)17-6-4-3-5-7-17/h3-7,14,18,20-22,24H,8-13,15H2,1-2H3/t18-,20+,21?,22?. The third kappa shape index (κ3) is 5.08. The van der Waals surface area contributed by atoms with Crippen LogP contribution >= 0.6 is 0 Å². The predicted molar refractivity (Wildman–Crippen MR) is 113 cm³/mol. The minimum absolute atomic E-state index is 0.103. The lowest BCUT2D eigenvalue weighted by Crippen LogP contribution is -2.46. The van der Waals surface area contributed by atoms with Crippen LogP contribution in [0.4, 0.5) is 0 Å². The molecule has 0 spiro atoms. The van der Waals surface area contributed by atoms with Gasteiger partial charge in [-0.1, -0.05) is 30.3 Å². The van der Waals surface area contributed by atoms with Gasteiger partial charge in [-0.2, -0.15) is 5.10 Å². The number of nitrogens with one attached hydrogen (secondary N) is 1. The highest BCUT2D eigenvalue weighted by Crippen LogP contribution is 2.35. The highest BCUT2D eigenvalue weighted by atomic mass is 32.2. The number of fused-ring (bicyclic) bond motifs is 1. The number of rotatable bonds is 6. The summed E-state index contributed by atoms with van der Waals surface area (Å²) in [4.78, 5) is 0. The Morgan fingerprint density at radius 1 is 1.14 bits per heavy atom. The summed E-state index contributed by atoms with van der Waals surface area (Å²) in [7, 11) is -3.28. The molecule has 0 saturated heterocycles. The molecule has 0 radical (unpaired) electrons. The van der Waals surface area contributed by atoms with E-state index in [1.807, 2.05) is 11.6 Å². The molecule has 1 aliphatic heterocycles. The Hall–Kier alpha value is -1.70. The Bertz CT molecular complexity index is 918. The fourth-order valence-electron chi connectivity index (χ4n) is 4.83. The maximum Gasteiger partial charge on any atom is 0.209 e. The molecule has 2 aliphatic rings. The highest BCUT2D eigenvalue weighted by Gasteiger charge is 2.33. The molecule has 1 fully saturated rings. The Morgan fingerprint density at radius 2 is 1.86 bits per heavy atom. The second kappa shape index (κ2) is 8.58. The molecule has 0 amide bonds. The summed E-state index contributed by atoms with van der Waals surface area (Å²) in [5.41, 5.74) is 3.55. The molecule has 2 aromatic rings. The average molecular weight is 418 g/mol. The van der Waals surface area contributed by atoms with Crippen LogP contribution in [0.15, 0.2) is 36.4 Å². The van der Waals surface area contributed by atoms with Crippen molar-refractivity contribution in [1.29, 1.82) is 0 Å². The van der Waals surface area contributed by atoms with Crippen molar-refractivity contribution in [3.63, 3.8) is 0 Å². The van der Waals surface area contributed by atoms with Gasteiger partial charge in [-0.25, -0.2) is 13.1 Å². The fraction of sp³-hybridized carbons (Fsp3) is 0.591. The van der Waals surface area contributed by atoms with E-state index in [9.17, 15) is 8.42 Å². The predicted octanol–water partition coefficient (Wildman–Crippen LogP) is 3.34. The van der Waals surface area contributed by atoms with E-state index in [1.54, 1.807) is 0 Å². The minimum Gasteiger partial charge on any atom is -0.376 e. The van der Waals surface area contributed by atoms with E-state index in [4.69, 9.17) is 4.74 Å². The van der Waals surface area contributed by atoms with Crippen LogP contribution in [0.5, 0.6) is 0 Å². The van der Waals surface area contributed by atoms with Gasteiger partial charge >= 0.3 is 0 Å². The van der Waals surface area contributed by atoms with Gasteiger partial charge in [0.2, 0.25) is 10.0 Å². The van der Waals surface area contributed by atoms with Crippen molar-refractivity contribution in [2.24, 2.45) is 0 Å². The van der Waals surface area contributed by atoms with E-state index in [2.05, 4.69) is 46.2 Å². The molecule has 4 rings (SSSR count). The number of ether oxygens (including phenoxy) is 1. The van der Waals surface area contributed by atoms with Crippen molar-refractivity contribution in [3.8, 4) is 0 Å². The van der Waals surface area contributed by atoms with Crippen LogP contribution in [-0.2, 0) is 21.2 Å². The van der Waals surface area contributed by atoms with Gasteiger partial charge in [0.15, 0.2) is 0 Å². The van der Waals surface area contributed by atoms with Crippen molar-refractivity contribution >= 4 is 10.0 Å². The first-order valence-corrected chi connectivity index (χ1v) is 12.5. The first-order valence-electron chi connectivity index (χ1n) is 10.6. The molecular formula is C22H31N3O3S. The Balaban J connectivity index is 1.39. The van der Waals surface area contributed by atoms with Gasteiger partial charge < -0.3 is 4.74 Å². The van der Waals surface area contributed by atoms with E-state index in [0.29, 0.717) is 12.5 Å². The third-order valence-corrected chi connectivity index (χ3v) is 6.97. The van der Waals surface area contributed by atoms with E-state index in [1.165, 1.54) is 11.8 Å². The second-order valence-corrected chi connectivity index (χ2v) is 10.3. The van der Waals surface area contributed by atoms with Crippen LogP contribution in [0.1, 0.15) is 61.0 Å². The van der Waals surface area contributed by atoms with Gasteiger partial charge in [-0.15, -0.1) is 0 Å². The van der Waals surface area contributed by atoms with Crippen LogP contribution in [0.3, 0.4) is 0 Å². The summed E-state index contributed by atoms with van der Waals surface area (Å²) < 4.78 is 34.8. The molecule has 1 aliphatic carbocycles. The maximum absolute atomic E-state index is 11.9. The van der Waals surface area contributed by atoms with Gasteiger partial charge in [0.25, 0.3) is 0 Å². The van der Waals surface area contributed by atoms with Gasteiger partial charge in [0, 0.05) is 11.7 Å².